The van der Waals surface area contributed by atoms with E-state index < -0.39 is 23.2 Å². The average Bonchev–Trinajstić information content (AvgIpc) is 2.36. The molecule has 1 aliphatic rings. The standard InChI is InChI=1S/C12H19NO4/c1-4-9(2)12(16,10(3)14)11(15)13-5-7-17-8-6-13/h4,9,16H,1,5-8H2,2-3H3/t9-,12+/m1/s1. The summed E-state index contributed by atoms with van der Waals surface area (Å²) in [4.78, 5) is 25.3. The van der Waals surface area contributed by atoms with Crippen LogP contribution in [0.5, 0.6) is 0 Å². The number of hydrogen-bond acceptors (Lipinski definition) is 4. The molecule has 0 saturated carbocycles. The van der Waals surface area contributed by atoms with Crippen molar-refractivity contribution in [3.05, 3.63) is 12.7 Å². The number of carbonyl (C=O) groups is 2. The van der Waals surface area contributed by atoms with Crippen molar-refractivity contribution in [2.75, 3.05) is 26.3 Å². The monoisotopic (exact) mass is 241 g/mol. The molecule has 1 heterocycles. The SMILES string of the molecule is C=C[C@@H](C)[C@](O)(C(C)=O)C(=O)N1CCOCC1. The Balaban J connectivity index is 2.93. The summed E-state index contributed by atoms with van der Waals surface area (Å²) < 4.78 is 5.13. The van der Waals surface area contributed by atoms with E-state index in [-0.39, 0.29) is 0 Å². The smallest absolute Gasteiger partial charge is 0.263 e. The van der Waals surface area contributed by atoms with Crippen molar-refractivity contribution < 1.29 is 19.4 Å². The summed E-state index contributed by atoms with van der Waals surface area (Å²) >= 11 is 0. The number of aliphatic hydroxyl groups is 1. The zero-order chi connectivity index (χ0) is 13.1. The Morgan fingerprint density at radius 3 is 2.41 bits per heavy atom. The molecule has 0 spiro atoms. The highest BCUT2D eigenvalue weighted by Gasteiger charge is 2.47. The predicted octanol–water partition coefficient (Wildman–Crippen LogP) is -0.0126. The zero-order valence-corrected chi connectivity index (χ0v) is 10.3. The van der Waals surface area contributed by atoms with Crippen LogP contribution in [0.4, 0.5) is 0 Å². The first-order chi connectivity index (χ1) is 7.94. The van der Waals surface area contributed by atoms with E-state index in [9.17, 15) is 14.7 Å². The Kier molecular flexibility index (Phi) is 4.42. The topological polar surface area (TPSA) is 66.8 Å². The summed E-state index contributed by atoms with van der Waals surface area (Å²) in [7, 11) is 0. The van der Waals surface area contributed by atoms with Crippen molar-refractivity contribution in [1.82, 2.24) is 4.90 Å². The molecule has 1 aliphatic heterocycles. The maximum Gasteiger partial charge on any atom is 0.263 e. The molecule has 1 saturated heterocycles. The fourth-order valence-corrected chi connectivity index (χ4v) is 1.84. The number of Topliss-reactive ketones (excluding diaryl/α,β-unsaturated/α-hetero) is 1. The lowest BCUT2D eigenvalue weighted by atomic mass is 9.84. The van der Waals surface area contributed by atoms with Gasteiger partial charge in [-0.25, -0.2) is 0 Å². The normalized spacial score (nSPS) is 21.5. The Bertz CT molecular complexity index is 322. The first-order valence-electron chi connectivity index (χ1n) is 5.67. The number of nitrogens with zero attached hydrogens (tertiary/aromatic N) is 1. The van der Waals surface area contributed by atoms with Gasteiger partial charge in [-0.3, -0.25) is 9.59 Å². The first kappa shape index (κ1) is 13.9. The Labute approximate surface area is 101 Å². The lowest BCUT2D eigenvalue weighted by Gasteiger charge is -2.36. The summed E-state index contributed by atoms with van der Waals surface area (Å²) in [5.41, 5.74) is -2.00. The minimum Gasteiger partial charge on any atom is -0.378 e. The fourth-order valence-electron chi connectivity index (χ4n) is 1.84. The van der Waals surface area contributed by atoms with Crippen molar-refractivity contribution in [2.24, 2.45) is 5.92 Å². The highest BCUT2D eigenvalue weighted by Crippen LogP contribution is 2.23. The molecule has 17 heavy (non-hydrogen) atoms. The second-order valence-corrected chi connectivity index (χ2v) is 4.25. The number of hydrogen-bond donors (Lipinski definition) is 1. The Hall–Kier alpha value is -1.20. The summed E-state index contributed by atoms with van der Waals surface area (Å²) in [5.74, 6) is -1.72. The molecule has 1 N–H and O–H groups in total. The van der Waals surface area contributed by atoms with E-state index in [4.69, 9.17) is 4.74 Å². The first-order valence-corrected chi connectivity index (χ1v) is 5.67. The number of rotatable bonds is 4. The van der Waals surface area contributed by atoms with Gasteiger partial charge in [0.25, 0.3) is 5.91 Å². The van der Waals surface area contributed by atoms with Crippen LogP contribution in [0.2, 0.25) is 0 Å². The van der Waals surface area contributed by atoms with Crippen LogP contribution in [-0.2, 0) is 14.3 Å². The van der Waals surface area contributed by atoms with Gasteiger partial charge in [-0.05, 0) is 6.92 Å². The van der Waals surface area contributed by atoms with E-state index in [1.807, 2.05) is 0 Å². The minimum absolute atomic E-state index is 0.401. The number of amides is 1. The number of morpholine rings is 1. The number of ketones is 1. The van der Waals surface area contributed by atoms with Crippen LogP contribution in [0.3, 0.4) is 0 Å². The molecule has 5 nitrogen and oxygen atoms in total. The average molecular weight is 241 g/mol. The van der Waals surface area contributed by atoms with E-state index in [1.54, 1.807) is 6.92 Å². The third kappa shape index (κ3) is 2.56. The van der Waals surface area contributed by atoms with Gasteiger partial charge in [0.1, 0.15) is 0 Å². The van der Waals surface area contributed by atoms with Gasteiger partial charge in [0.15, 0.2) is 5.78 Å². The molecule has 0 bridgehead atoms. The van der Waals surface area contributed by atoms with Gasteiger partial charge in [-0.15, -0.1) is 6.58 Å². The highest BCUT2D eigenvalue weighted by molar-refractivity contribution is 6.08. The van der Waals surface area contributed by atoms with Crippen LogP contribution in [0.15, 0.2) is 12.7 Å². The zero-order valence-electron chi connectivity index (χ0n) is 10.3. The molecule has 0 aliphatic carbocycles. The third-order valence-electron chi connectivity index (χ3n) is 3.17. The summed E-state index contributed by atoms with van der Waals surface area (Å²) in [6.45, 7) is 8.02. The summed E-state index contributed by atoms with van der Waals surface area (Å²) in [5, 5.41) is 10.3. The van der Waals surface area contributed by atoms with Gasteiger partial charge < -0.3 is 14.7 Å². The third-order valence-corrected chi connectivity index (χ3v) is 3.17. The number of carbonyl (C=O) groups excluding carboxylic acids is 2. The molecule has 1 rings (SSSR count). The second-order valence-electron chi connectivity index (χ2n) is 4.25. The molecule has 0 aromatic carbocycles. The van der Waals surface area contributed by atoms with Crippen LogP contribution in [0, 0.1) is 5.92 Å². The van der Waals surface area contributed by atoms with Crippen molar-refractivity contribution in [3.8, 4) is 0 Å². The van der Waals surface area contributed by atoms with Crippen molar-refractivity contribution in [2.45, 2.75) is 19.4 Å². The fraction of sp³-hybridized carbons (Fsp3) is 0.667. The molecule has 2 atom stereocenters. The van der Waals surface area contributed by atoms with Crippen molar-refractivity contribution in [3.63, 3.8) is 0 Å². The second kappa shape index (κ2) is 5.42. The molecule has 0 aromatic rings. The molecule has 1 amide bonds. The van der Waals surface area contributed by atoms with E-state index in [1.165, 1.54) is 17.9 Å². The van der Waals surface area contributed by atoms with Gasteiger partial charge >= 0.3 is 0 Å². The summed E-state index contributed by atoms with van der Waals surface area (Å²) in [6.07, 6.45) is 1.42. The van der Waals surface area contributed by atoms with Gasteiger partial charge in [-0.1, -0.05) is 13.0 Å². The van der Waals surface area contributed by atoms with Crippen molar-refractivity contribution in [1.29, 1.82) is 0 Å². The Morgan fingerprint density at radius 2 is 2.00 bits per heavy atom. The molecule has 96 valence electrons. The molecule has 0 unspecified atom stereocenters. The van der Waals surface area contributed by atoms with Crippen LogP contribution in [0.1, 0.15) is 13.8 Å². The van der Waals surface area contributed by atoms with E-state index in [0.717, 1.165) is 0 Å². The van der Waals surface area contributed by atoms with Gasteiger partial charge in [0, 0.05) is 19.0 Å². The Morgan fingerprint density at radius 1 is 1.47 bits per heavy atom. The predicted molar refractivity (Wildman–Crippen MR) is 62.4 cm³/mol. The van der Waals surface area contributed by atoms with E-state index >= 15 is 0 Å². The lowest BCUT2D eigenvalue weighted by Crippen LogP contribution is -2.58. The van der Waals surface area contributed by atoms with Crippen molar-refractivity contribution >= 4 is 11.7 Å². The summed E-state index contributed by atoms with van der Waals surface area (Å²) in [6, 6.07) is 0. The van der Waals surface area contributed by atoms with Gasteiger partial charge in [0.05, 0.1) is 13.2 Å². The largest absolute Gasteiger partial charge is 0.378 e. The molecular weight excluding hydrogens is 222 g/mol. The molecule has 1 fully saturated rings. The van der Waals surface area contributed by atoms with Crippen LogP contribution < -0.4 is 0 Å². The highest BCUT2D eigenvalue weighted by atomic mass is 16.5. The lowest BCUT2D eigenvalue weighted by molar-refractivity contribution is -0.165. The van der Waals surface area contributed by atoms with Crippen LogP contribution in [-0.4, -0.2) is 53.6 Å². The van der Waals surface area contributed by atoms with Gasteiger partial charge in [0.2, 0.25) is 5.60 Å². The molecule has 0 radical (unpaired) electrons. The van der Waals surface area contributed by atoms with Crippen LogP contribution in [0.25, 0.3) is 0 Å². The maximum atomic E-state index is 12.2. The van der Waals surface area contributed by atoms with E-state index in [2.05, 4.69) is 6.58 Å². The van der Waals surface area contributed by atoms with Crippen LogP contribution >= 0.6 is 0 Å². The molecule has 5 heteroatoms. The minimum atomic E-state index is -2.00. The molecule has 0 aromatic heterocycles. The maximum absolute atomic E-state index is 12.2. The van der Waals surface area contributed by atoms with E-state index in [0.29, 0.717) is 26.3 Å². The molecular formula is C12H19NO4. The number of ether oxygens (including phenoxy) is 1. The van der Waals surface area contributed by atoms with Gasteiger partial charge in [-0.2, -0.15) is 0 Å². The quantitative estimate of drug-likeness (QED) is 0.555.